The summed E-state index contributed by atoms with van der Waals surface area (Å²) in [6.45, 7) is 3.00. The van der Waals surface area contributed by atoms with Crippen LogP contribution in [0.1, 0.15) is 25.0 Å². The molecule has 7 nitrogen and oxygen atoms in total. The maximum absolute atomic E-state index is 12.1. The van der Waals surface area contributed by atoms with E-state index in [1.54, 1.807) is 12.1 Å². The van der Waals surface area contributed by atoms with E-state index < -0.39 is 11.9 Å². The van der Waals surface area contributed by atoms with Gasteiger partial charge in [-0.15, -0.1) is 0 Å². The first-order valence-corrected chi connectivity index (χ1v) is 9.44. The van der Waals surface area contributed by atoms with Crippen LogP contribution in [-0.2, 0) is 20.8 Å². The standard InChI is InChI=1S/C23H22N2O5/c1-15(26)29-21-9-7-17(13-22(21)30-16(2)27)8-10-23(28)24-12-11-18-14-25-20-6-4-3-5-19(18)20/h3-10,13-14,25H,11-12H2,1-2H3,(H,24,28). The Morgan fingerprint density at radius 3 is 2.50 bits per heavy atom. The summed E-state index contributed by atoms with van der Waals surface area (Å²) >= 11 is 0. The van der Waals surface area contributed by atoms with Gasteiger partial charge in [-0.05, 0) is 41.8 Å². The van der Waals surface area contributed by atoms with E-state index in [2.05, 4.69) is 10.3 Å². The topological polar surface area (TPSA) is 97.5 Å². The molecule has 1 aromatic heterocycles. The van der Waals surface area contributed by atoms with Gasteiger partial charge >= 0.3 is 11.9 Å². The maximum atomic E-state index is 12.1. The van der Waals surface area contributed by atoms with Gasteiger partial charge in [0, 0.05) is 43.6 Å². The van der Waals surface area contributed by atoms with Gasteiger partial charge in [0.1, 0.15) is 0 Å². The van der Waals surface area contributed by atoms with Gasteiger partial charge in [-0.3, -0.25) is 14.4 Å². The number of fused-ring (bicyclic) bond motifs is 1. The number of benzene rings is 2. The number of rotatable bonds is 7. The third-order valence-electron chi connectivity index (χ3n) is 4.27. The van der Waals surface area contributed by atoms with E-state index in [4.69, 9.17) is 9.47 Å². The quantitative estimate of drug-likeness (QED) is 0.356. The maximum Gasteiger partial charge on any atom is 0.308 e. The zero-order valence-electron chi connectivity index (χ0n) is 16.7. The van der Waals surface area contributed by atoms with Gasteiger partial charge in [0.15, 0.2) is 11.5 Å². The second kappa shape index (κ2) is 9.56. The molecular formula is C23H22N2O5. The van der Waals surface area contributed by atoms with Crippen molar-refractivity contribution in [2.75, 3.05) is 6.54 Å². The van der Waals surface area contributed by atoms with Crippen LogP contribution in [0.15, 0.2) is 54.7 Å². The molecule has 3 aromatic rings. The summed E-state index contributed by atoms with van der Waals surface area (Å²) in [6.07, 6.45) is 5.64. The molecule has 0 fully saturated rings. The van der Waals surface area contributed by atoms with E-state index in [9.17, 15) is 14.4 Å². The number of carbonyl (C=O) groups is 3. The lowest BCUT2D eigenvalue weighted by atomic mass is 10.1. The Bertz CT molecular complexity index is 1110. The second-order valence-electron chi connectivity index (χ2n) is 6.63. The van der Waals surface area contributed by atoms with E-state index in [0.29, 0.717) is 18.5 Å². The smallest absolute Gasteiger partial charge is 0.308 e. The summed E-state index contributed by atoms with van der Waals surface area (Å²) in [4.78, 5) is 37.8. The molecule has 0 aliphatic carbocycles. The first kappa shape index (κ1) is 20.9. The largest absolute Gasteiger partial charge is 0.423 e. The monoisotopic (exact) mass is 406 g/mol. The molecule has 0 unspecified atom stereocenters. The third kappa shape index (κ3) is 5.57. The van der Waals surface area contributed by atoms with E-state index in [-0.39, 0.29) is 17.4 Å². The van der Waals surface area contributed by atoms with Crippen LogP contribution in [0, 0.1) is 0 Å². The highest BCUT2D eigenvalue weighted by molar-refractivity contribution is 5.92. The highest BCUT2D eigenvalue weighted by atomic mass is 16.6. The average molecular weight is 406 g/mol. The lowest BCUT2D eigenvalue weighted by Crippen LogP contribution is -2.23. The van der Waals surface area contributed by atoms with E-state index in [1.165, 1.54) is 32.1 Å². The molecule has 0 aliphatic rings. The lowest BCUT2D eigenvalue weighted by molar-refractivity contribution is -0.134. The summed E-state index contributed by atoms with van der Waals surface area (Å²) in [6, 6.07) is 12.7. The van der Waals surface area contributed by atoms with Crippen molar-refractivity contribution >= 4 is 34.8 Å². The van der Waals surface area contributed by atoms with Gasteiger partial charge in [0.2, 0.25) is 5.91 Å². The molecule has 0 radical (unpaired) electrons. The Kier molecular flexibility index (Phi) is 6.64. The Labute approximate surface area is 173 Å². The van der Waals surface area contributed by atoms with Gasteiger partial charge in [0.05, 0.1) is 0 Å². The number of aromatic nitrogens is 1. The number of nitrogens with one attached hydrogen (secondary N) is 2. The molecule has 154 valence electrons. The molecule has 7 heteroatoms. The summed E-state index contributed by atoms with van der Waals surface area (Å²) < 4.78 is 10.1. The van der Waals surface area contributed by atoms with Gasteiger partial charge in [-0.25, -0.2) is 0 Å². The summed E-state index contributed by atoms with van der Waals surface area (Å²) in [5, 5.41) is 3.99. The van der Waals surface area contributed by atoms with Crippen molar-refractivity contribution in [1.82, 2.24) is 10.3 Å². The number of hydrogen-bond donors (Lipinski definition) is 2. The van der Waals surface area contributed by atoms with Gasteiger partial charge < -0.3 is 19.8 Å². The molecule has 30 heavy (non-hydrogen) atoms. The van der Waals surface area contributed by atoms with E-state index in [1.807, 2.05) is 30.5 Å². The molecule has 0 saturated heterocycles. The van der Waals surface area contributed by atoms with Crippen LogP contribution in [0.4, 0.5) is 0 Å². The first-order chi connectivity index (χ1) is 14.4. The van der Waals surface area contributed by atoms with Gasteiger partial charge in [0.25, 0.3) is 0 Å². The number of esters is 2. The van der Waals surface area contributed by atoms with E-state index in [0.717, 1.165) is 16.5 Å². The van der Waals surface area contributed by atoms with Crippen LogP contribution in [0.2, 0.25) is 0 Å². The molecule has 3 rings (SSSR count). The zero-order valence-corrected chi connectivity index (χ0v) is 16.7. The molecule has 0 atom stereocenters. The van der Waals surface area contributed by atoms with Crippen LogP contribution in [-0.4, -0.2) is 29.4 Å². The molecule has 0 aliphatic heterocycles. The third-order valence-corrected chi connectivity index (χ3v) is 4.27. The van der Waals surface area contributed by atoms with Crippen molar-refractivity contribution in [2.24, 2.45) is 0 Å². The van der Waals surface area contributed by atoms with Crippen LogP contribution in [0.25, 0.3) is 17.0 Å². The fraction of sp³-hybridized carbons (Fsp3) is 0.174. The van der Waals surface area contributed by atoms with Crippen LogP contribution < -0.4 is 14.8 Å². The summed E-state index contributed by atoms with van der Waals surface area (Å²) in [5.74, 6) is -1.06. The van der Waals surface area contributed by atoms with Crippen LogP contribution in [0.5, 0.6) is 11.5 Å². The van der Waals surface area contributed by atoms with Crippen molar-refractivity contribution in [1.29, 1.82) is 0 Å². The predicted octanol–water partition coefficient (Wildman–Crippen LogP) is 3.39. The number of ether oxygens (including phenoxy) is 2. The Morgan fingerprint density at radius 2 is 1.73 bits per heavy atom. The van der Waals surface area contributed by atoms with Crippen molar-refractivity contribution in [3.8, 4) is 11.5 Å². The normalized spacial score (nSPS) is 10.9. The minimum absolute atomic E-state index is 0.111. The molecule has 0 bridgehead atoms. The van der Waals surface area contributed by atoms with Gasteiger partial charge in [-0.2, -0.15) is 0 Å². The second-order valence-corrected chi connectivity index (χ2v) is 6.63. The SMILES string of the molecule is CC(=O)Oc1ccc(C=CC(=O)NCCc2c[nH]c3ccccc23)cc1OC(C)=O. The molecular weight excluding hydrogens is 384 g/mol. The van der Waals surface area contributed by atoms with Crippen LogP contribution in [0.3, 0.4) is 0 Å². The van der Waals surface area contributed by atoms with E-state index >= 15 is 0 Å². The molecule has 1 amide bonds. The molecule has 2 aromatic carbocycles. The number of H-pyrrole nitrogens is 1. The highest BCUT2D eigenvalue weighted by Gasteiger charge is 2.10. The van der Waals surface area contributed by atoms with Gasteiger partial charge in [-0.1, -0.05) is 24.3 Å². The minimum atomic E-state index is -0.542. The summed E-state index contributed by atoms with van der Waals surface area (Å²) in [7, 11) is 0. The summed E-state index contributed by atoms with van der Waals surface area (Å²) in [5.41, 5.74) is 2.83. The van der Waals surface area contributed by atoms with Crippen molar-refractivity contribution < 1.29 is 23.9 Å². The molecule has 0 saturated carbocycles. The fourth-order valence-electron chi connectivity index (χ4n) is 2.99. The average Bonchev–Trinajstić information content (AvgIpc) is 3.10. The number of carbonyl (C=O) groups excluding carboxylic acids is 3. The number of aromatic amines is 1. The number of hydrogen-bond acceptors (Lipinski definition) is 5. The molecule has 1 heterocycles. The van der Waals surface area contributed by atoms with Crippen molar-refractivity contribution in [2.45, 2.75) is 20.3 Å². The molecule has 2 N–H and O–H groups in total. The Balaban J connectivity index is 1.59. The molecule has 0 spiro atoms. The predicted molar refractivity (Wildman–Crippen MR) is 113 cm³/mol. The first-order valence-electron chi connectivity index (χ1n) is 9.44. The number of amides is 1. The van der Waals surface area contributed by atoms with Crippen LogP contribution >= 0.6 is 0 Å². The lowest BCUT2D eigenvalue weighted by Gasteiger charge is -2.09. The zero-order chi connectivity index (χ0) is 21.5. The highest BCUT2D eigenvalue weighted by Crippen LogP contribution is 2.29. The Morgan fingerprint density at radius 1 is 1.00 bits per heavy atom. The van der Waals surface area contributed by atoms with Crippen molar-refractivity contribution in [3.63, 3.8) is 0 Å². The minimum Gasteiger partial charge on any atom is -0.423 e. The number of para-hydroxylation sites is 1. The van der Waals surface area contributed by atoms with Crippen molar-refractivity contribution in [3.05, 3.63) is 65.9 Å². The fourth-order valence-corrected chi connectivity index (χ4v) is 2.99. The Hall–Kier alpha value is -3.87.